The molecule has 2 heterocycles. The van der Waals surface area contributed by atoms with E-state index in [2.05, 4.69) is 15.5 Å². The third-order valence-electron chi connectivity index (χ3n) is 5.81. The lowest BCUT2D eigenvalue weighted by Gasteiger charge is -2.28. The lowest BCUT2D eigenvalue weighted by molar-refractivity contribution is 0.0638. The smallest absolute Gasteiger partial charge is 0.323 e. The van der Waals surface area contributed by atoms with Gasteiger partial charge in [0.15, 0.2) is 0 Å². The summed E-state index contributed by atoms with van der Waals surface area (Å²) >= 11 is 0. The minimum absolute atomic E-state index is 0.302. The number of piperidine rings is 1. The molecule has 1 saturated heterocycles. The predicted octanol–water partition coefficient (Wildman–Crippen LogP) is 3.95. The first-order valence-corrected chi connectivity index (χ1v) is 11.0. The second-order valence-corrected chi connectivity index (χ2v) is 8.04. The van der Waals surface area contributed by atoms with Gasteiger partial charge in [-0.3, -0.25) is 14.5 Å². The topological polar surface area (TPSA) is 91.0 Å². The van der Waals surface area contributed by atoms with Crippen molar-refractivity contribution >= 4 is 34.9 Å². The molecule has 2 aliphatic rings. The van der Waals surface area contributed by atoms with Crippen molar-refractivity contribution in [1.82, 2.24) is 4.90 Å². The van der Waals surface area contributed by atoms with Crippen molar-refractivity contribution in [2.24, 2.45) is 0 Å². The van der Waals surface area contributed by atoms with Gasteiger partial charge in [0.1, 0.15) is 0 Å². The first-order chi connectivity index (χ1) is 15.6. The number of hydrogen-bond donors (Lipinski definition) is 2. The molecule has 0 aromatic heterocycles. The molecule has 8 heteroatoms. The molecule has 2 N–H and O–H groups in total. The van der Waals surface area contributed by atoms with E-state index in [0.29, 0.717) is 42.1 Å². The highest BCUT2D eigenvalue weighted by atomic mass is 16.5. The number of fused-ring (bicyclic) bond motifs is 1. The summed E-state index contributed by atoms with van der Waals surface area (Å²) < 4.78 is 4.99. The Balaban J connectivity index is 1.36. The molecule has 0 saturated carbocycles. The number of nitrogens with zero attached hydrogens (tertiary/aromatic N) is 2. The fourth-order valence-electron chi connectivity index (χ4n) is 4.14. The van der Waals surface area contributed by atoms with Crippen LogP contribution in [-0.2, 0) is 4.74 Å². The van der Waals surface area contributed by atoms with E-state index in [1.54, 1.807) is 25.3 Å². The van der Waals surface area contributed by atoms with Gasteiger partial charge in [0, 0.05) is 50.4 Å². The van der Waals surface area contributed by atoms with Crippen molar-refractivity contribution < 1.29 is 19.1 Å². The Bertz CT molecular complexity index is 1000. The van der Waals surface area contributed by atoms with Gasteiger partial charge in [-0.2, -0.15) is 0 Å². The number of imide groups is 1. The Morgan fingerprint density at radius 2 is 1.56 bits per heavy atom. The van der Waals surface area contributed by atoms with Crippen molar-refractivity contribution in [3.8, 4) is 0 Å². The Morgan fingerprint density at radius 1 is 0.906 bits per heavy atom. The van der Waals surface area contributed by atoms with E-state index in [9.17, 15) is 14.4 Å². The number of urea groups is 1. The molecule has 0 spiro atoms. The number of anilines is 3. The van der Waals surface area contributed by atoms with Crippen molar-refractivity contribution in [2.45, 2.75) is 25.7 Å². The summed E-state index contributed by atoms with van der Waals surface area (Å²) in [6.45, 7) is 2.91. The van der Waals surface area contributed by atoms with Crippen LogP contribution in [0.4, 0.5) is 21.9 Å². The molecule has 0 radical (unpaired) electrons. The minimum atomic E-state index is -0.413. The Labute approximate surface area is 187 Å². The number of nitrogens with one attached hydrogen (secondary N) is 2. The summed E-state index contributed by atoms with van der Waals surface area (Å²) in [7, 11) is 1.58. The zero-order valence-electron chi connectivity index (χ0n) is 18.2. The highest BCUT2D eigenvalue weighted by Gasteiger charge is 2.35. The molecular weight excluding hydrogens is 408 g/mol. The van der Waals surface area contributed by atoms with Crippen LogP contribution in [0.1, 0.15) is 46.4 Å². The largest absolute Gasteiger partial charge is 0.385 e. The fraction of sp³-hybridized carbons (Fsp3) is 0.375. The molecule has 168 valence electrons. The molecule has 2 aromatic carbocycles. The van der Waals surface area contributed by atoms with Crippen molar-refractivity contribution in [3.63, 3.8) is 0 Å². The summed E-state index contributed by atoms with van der Waals surface area (Å²) in [6, 6.07) is 12.1. The molecule has 0 atom stereocenters. The molecule has 0 unspecified atom stereocenters. The third-order valence-corrected chi connectivity index (χ3v) is 5.81. The molecule has 0 aliphatic carbocycles. The number of hydrogen-bond acceptors (Lipinski definition) is 5. The number of amides is 4. The van der Waals surface area contributed by atoms with E-state index in [1.807, 2.05) is 24.3 Å². The molecule has 8 nitrogen and oxygen atoms in total. The van der Waals surface area contributed by atoms with Gasteiger partial charge in [0.25, 0.3) is 11.8 Å². The molecule has 4 rings (SSSR count). The highest BCUT2D eigenvalue weighted by Crippen LogP contribution is 2.26. The zero-order valence-corrected chi connectivity index (χ0v) is 18.2. The summed E-state index contributed by atoms with van der Waals surface area (Å²) in [6.07, 6.45) is 4.28. The van der Waals surface area contributed by atoms with Gasteiger partial charge in [-0.15, -0.1) is 0 Å². The van der Waals surface area contributed by atoms with E-state index in [-0.39, 0.29) is 11.8 Å². The normalized spacial score (nSPS) is 15.7. The summed E-state index contributed by atoms with van der Waals surface area (Å²) in [5.41, 5.74) is 2.95. The van der Waals surface area contributed by atoms with Gasteiger partial charge in [-0.05, 0) is 68.1 Å². The Morgan fingerprint density at radius 3 is 2.28 bits per heavy atom. The molecule has 32 heavy (non-hydrogen) atoms. The maximum absolute atomic E-state index is 12.6. The van der Waals surface area contributed by atoms with E-state index >= 15 is 0 Å². The fourth-order valence-corrected chi connectivity index (χ4v) is 4.14. The summed E-state index contributed by atoms with van der Waals surface area (Å²) in [5, 5.41) is 5.54. The number of methoxy groups -OCH3 is 1. The quantitative estimate of drug-likeness (QED) is 0.507. The molecule has 4 amide bonds. The average Bonchev–Trinajstić information content (AvgIpc) is 3.04. The van der Waals surface area contributed by atoms with Gasteiger partial charge in [0.05, 0.1) is 11.1 Å². The summed E-state index contributed by atoms with van der Waals surface area (Å²) in [4.78, 5) is 41.1. The number of carbonyl (C=O) groups excluding carboxylic acids is 3. The van der Waals surface area contributed by atoms with Crippen LogP contribution in [-0.4, -0.2) is 56.1 Å². The van der Waals surface area contributed by atoms with Crippen LogP contribution < -0.4 is 15.5 Å². The SMILES string of the molecule is COCCCN1C(=O)c2ccc(NC(=O)Nc3ccc(N4CCCCC4)cc3)cc2C1=O. The van der Waals surface area contributed by atoms with Gasteiger partial charge in [0.2, 0.25) is 0 Å². The zero-order chi connectivity index (χ0) is 22.5. The third kappa shape index (κ3) is 4.75. The van der Waals surface area contributed by atoms with Crippen LogP contribution >= 0.6 is 0 Å². The van der Waals surface area contributed by atoms with Gasteiger partial charge >= 0.3 is 6.03 Å². The molecule has 0 bridgehead atoms. The standard InChI is InChI=1S/C24H28N4O4/c1-32-15-5-14-28-22(29)20-11-8-18(16-21(20)23(28)30)26-24(31)25-17-6-9-19(10-7-17)27-12-3-2-4-13-27/h6-11,16H,2-5,12-15H2,1H3,(H2,25,26,31). The number of carbonyl (C=O) groups is 3. The molecule has 1 fully saturated rings. The Hall–Kier alpha value is -3.39. The highest BCUT2D eigenvalue weighted by molar-refractivity contribution is 6.22. The van der Waals surface area contributed by atoms with Gasteiger partial charge < -0.3 is 20.3 Å². The van der Waals surface area contributed by atoms with Crippen LogP contribution in [0.25, 0.3) is 0 Å². The maximum atomic E-state index is 12.6. The lowest BCUT2D eigenvalue weighted by Crippen LogP contribution is -2.31. The van der Waals surface area contributed by atoms with Crippen LogP contribution in [0.15, 0.2) is 42.5 Å². The lowest BCUT2D eigenvalue weighted by atomic mass is 10.1. The predicted molar refractivity (Wildman–Crippen MR) is 123 cm³/mol. The van der Waals surface area contributed by atoms with E-state index in [1.165, 1.54) is 24.2 Å². The number of ether oxygens (including phenoxy) is 1. The number of benzene rings is 2. The number of rotatable bonds is 7. The van der Waals surface area contributed by atoms with E-state index in [4.69, 9.17) is 4.74 Å². The summed E-state index contributed by atoms with van der Waals surface area (Å²) in [5.74, 6) is -0.663. The van der Waals surface area contributed by atoms with Crippen molar-refractivity contribution in [3.05, 3.63) is 53.6 Å². The van der Waals surface area contributed by atoms with Crippen molar-refractivity contribution in [1.29, 1.82) is 0 Å². The van der Waals surface area contributed by atoms with Crippen molar-refractivity contribution in [2.75, 3.05) is 48.9 Å². The van der Waals surface area contributed by atoms with E-state index in [0.717, 1.165) is 18.8 Å². The van der Waals surface area contributed by atoms with Crippen LogP contribution in [0, 0.1) is 0 Å². The average molecular weight is 437 g/mol. The van der Waals surface area contributed by atoms with Gasteiger partial charge in [-0.1, -0.05) is 0 Å². The monoisotopic (exact) mass is 436 g/mol. The Kier molecular flexibility index (Phi) is 6.70. The first-order valence-electron chi connectivity index (χ1n) is 11.0. The van der Waals surface area contributed by atoms with E-state index < -0.39 is 6.03 Å². The second kappa shape index (κ2) is 9.82. The molecule has 2 aliphatic heterocycles. The molecular formula is C24H28N4O4. The first kappa shape index (κ1) is 21.8. The van der Waals surface area contributed by atoms with Crippen LogP contribution in [0.3, 0.4) is 0 Å². The maximum Gasteiger partial charge on any atom is 0.323 e. The second-order valence-electron chi connectivity index (χ2n) is 8.04. The van der Waals surface area contributed by atoms with Gasteiger partial charge in [-0.25, -0.2) is 4.79 Å². The minimum Gasteiger partial charge on any atom is -0.385 e. The van der Waals surface area contributed by atoms with Crippen LogP contribution in [0.5, 0.6) is 0 Å². The molecule has 2 aromatic rings. The van der Waals surface area contributed by atoms with Crippen LogP contribution in [0.2, 0.25) is 0 Å².